The van der Waals surface area contributed by atoms with Crippen LogP contribution in [0.4, 0.5) is 0 Å². The molecule has 8 heteroatoms. The molecule has 2 aromatic heterocycles. The Kier molecular flexibility index (Phi) is 6.45. The first kappa shape index (κ1) is 19.4. The molecule has 3 aromatic rings. The summed E-state index contributed by atoms with van der Waals surface area (Å²) in [4.78, 5) is 15.4. The fourth-order valence-corrected chi connectivity index (χ4v) is 2.84. The molecule has 0 unspecified atom stereocenters. The third-order valence-corrected chi connectivity index (χ3v) is 4.67. The van der Waals surface area contributed by atoms with Crippen molar-refractivity contribution in [3.05, 3.63) is 64.5 Å². The molecule has 0 amide bonds. The molecule has 0 aliphatic carbocycles. The first-order chi connectivity index (χ1) is 13.1. The molecule has 6 nitrogen and oxygen atoms in total. The lowest BCUT2D eigenvalue weighted by Crippen LogP contribution is -2.20. The molecule has 0 saturated carbocycles. The van der Waals surface area contributed by atoms with Gasteiger partial charge in [-0.1, -0.05) is 23.2 Å². The van der Waals surface area contributed by atoms with Crippen LogP contribution in [0, 0.1) is 0 Å². The van der Waals surface area contributed by atoms with Crippen LogP contribution in [0.3, 0.4) is 0 Å². The number of esters is 1. The predicted octanol–water partition coefficient (Wildman–Crippen LogP) is 3.89. The summed E-state index contributed by atoms with van der Waals surface area (Å²) in [7, 11) is 1.38. The number of aromatic nitrogens is 3. The Morgan fingerprint density at radius 3 is 2.78 bits per heavy atom. The van der Waals surface area contributed by atoms with Crippen LogP contribution in [0.1, 0.15) is 12.1 Å². The van der Waals surface area contributed by atoms with Crippen LogP contribution in [0.15, 0.2) is 48.8 Å². The average molecular weight is 405 g/mol. The topological polar surface area (TPSA) is 69.0 Å². The maximum Gasteiger partial charge on any atom is 0.306 e. The van der Waals surface area contributed by atoms with Gasteiger partial charge in [0.1, 0.15) is 0 Å². The second kappa shape index (κ2) is 8.99. The van der Waals surface area contributed by atoms with Gasteiger partial charge in [0.25, 0.3) is 0 Å². The van der Waals surface area contributed by atoms with Gasteiger partial charge >= 0.3 is 5.97 Å². The van der Waals surface area contributed by atoms with Crippen molar-refractivity contribution in [3.63, 3.8) is 0 Å². The smallest absolute Gasteiger partial charge is 0.306 e. The zero-order valence-electron chi connectivity index (χ0n) is 14.7. The normalized spacial score (nSPS) is 10.8. The molecule has 0 aliphatic heterocycles. The molecule has 0 aliphatic rings. The van der Waals surface area contributed by atoms with Crippen LogP contribution in [0.25, 0.3) is 16.9 Å². The minimum absolute atomic E-state index is 0.253. The van der Waals surface area contributed by atoms with E-state index in [1.807, 2.05) is 24.3 Å². The molecule has 27 heavy (non-hydrogen) atoms. The number of hydrogen-bond donors (Lipinski definition) is 1. The molecule has 0 atom stereocenters. The Hall–Kier alpha value is -2.41. The first-order valence-electron chi connectivity index (χ1n) is 8.31. The number of hydrogen-bond acceptors (Lipinski definition) is 5. The molecular formula is C19H18Cl2N4O2. The second-order valence-electron chi connectivity index (χ2n) is 5.78. The zero-order valence-corrected chi connectivity index (χ0v) is 16.2. The van der Waals surface area contributed by atoms with E-state index in [-0.39, 0.29) is 5.97 Å². The van der Waals surface area contributed by atoms with E-state index >= 15 is 0 Å². The summed E-state index contributed by atoms with van der Waals surface area (Å²) < 4.78 is 6.45. The highest BCUT2D eigenvalue weighted by atomic mass is 35.5. The fourth-order valence-electron chi connectivity index (χ4n) is 2.55. The highest BCUT2D eigenvalue weighted by Crippen LogP contribution is 2.26. The van der Waals surface area contributed by atoms with E-state index < -0.39 is 0 Å². The summed E-state index contributed by atoms with van der Waals surface area (Å²) in [5.41, 5.74) is 3.41. The van der Waals surface area contributed by atoms with Gasteiger partial charge in [-0.2, -0.15) is 5.10 Å². The SMILES string of the molecule is COC(=O)CCNCc1cc(-c2cccnc2)nn1-c1ccc(Cl)c(Cl)c1. The summed E-state index contributed by atoms with van der Waals surface area (Å²) in [5.74, 6) is -0.253. The van der Waals surface area contributed by atoms with Crippen molar-refractivity contribution in [3.8, 4) is 16.9 Å². The minimum Gasteiger partial charge on any atom is -0.469 e. The Bertz CT molecular complexity index is 929. The third kappa shape index (κ3) is 4.86. The van der Waals surface area contributed by atoms with Gasteiger partial charge in [0, 0.05) is 31.0 Å². The van der Waals surface area contributed by atoms with Crippen molar-refractivity contribution in [2.75, 3.05) is 13.7 Å². The van der Waals surface area contributed by atoms with Crippen molar-refractivity contribution in [1.29, 1.82) is 0 Å². The molecule has 0 bridgehead atoms. The molecule has 0 spiro atoms. The van der Waals surface area contributed by atoms with Gasteiger partial charge in [0.05, 0.1) is 40.7 Å². The number of benzene rings is 1. The van der Waals surface area contributed by atoms with Gasteiger partial charge in [0.15, 0.2) is 0 Å². The van der Waals surface area contributed by atoms with Gasteiger partial charge in [-0.05, 0) is 36.4 Å². The molecule has 0 radical (unpaired) electrons. The average Bonchev–Trinajstić information content (AvgIpc) is 3.12. The number of carbonyl (C=O) groups excluding carboxylic acids is 1. The van der Waals surface area contributed by atoms with Gasteiger partial charge in [-0.3, -0.25) is 9.78 Å². The summed E-state index contributed by atoms with van der Waals surface area (Å²) in [6.07, 6.45) is 3.78. The Morgan fingerprint density at radius 1 is 1.22 bits per heavy atom. The standard InChI is InChI=1S/C19H18Cl2N4O2/c1-27-19(26)6-8-23-12-15-10-18(13-3-2-7-22-11-13)24-25(15)14-4-5-16(20)17(21)9-14/h2-5,7,9-11,23H,6,8,12H2,1H3. The van der Waals surface area contributed by atoms with E-state index in [0.29, 0.717) is 29.6 Å². The van der Waals surface area contributed by atoms with Crippen molar-refractivity contribution in [2.45, 2.75) is 13.0 Å². The number of ether oxygens (including phenoxy) is 1. The lowest BCUT2D eigenvalue weighted by Gasteiger charge is -2.09. The van der Waals surface area contributed by atoms with Gasteiger partial charge in [-0.15, -0.1) is 0 Å². The number of halogens is 2. The maximum absolute atomic E-state index is 11.3. The van der Waals surface area contributed by atoms with E-state index in [4.69, 9.17) is 28.3 Å². The van der Waals surface area contributed by atoms with Crippen molar-refractivity contribution < 1.29 is 9.53 Å². The third-order valence-electron chi connectivity index (χ3n) is 3.93. The van der Waals surface area contributed by atoms with Gasteiger partial charge in [0.2, 0.25) is 0 Å². The molecular weight excluding hydrogens is 387 g/mol. The number of methoxy groups -OCH3 is 1. The van der Waals surface area contributed by atoms with E-state index in [1.165, 1.54) is 7.11 Å². The van der Waals surface area contributed by atoms with E-state index in [2.05, 4.69) is 15.0 Å². The Morgan fingerprint density at radius 2 is 2.07 bits per heavy atom. The van der Waals surface area contributed by atoms with Gasteiger partial charge in [-0.25, -0.2) is 4.68 Å². The highest BCUT2D eigenvalue weighted by molar-refractivity contribution is 6.42. The maximum atomic E-state index is 11.3. The number of pyridine rings is 1. The van der Waals surface area contributed by atoms with Gasteiger partial charge < -0.3 is 10.1 Å². The van der Waals surface area contributed by atoms with Crippen LogP contribution in [0.5, 0.6) is 0 Å². The molecule has 0 fully saturated rings. The van der Waals surface area contributed by atoms with Crippen LogP contribution in [-0.2, 0) is 16.1 Å². The number of nitrogens with one attached hydrogen (secondary N) is 1. The molecule has 140 valence electrons. The monoisotopic (exact) mass is 404 g/mol. The lowest BCUT2D eigenvalue weighted by atomic mass is 10.2. The highest BCUT2D eigenvalue weighted by Gasteiger charge is 2.13. The van der Waals surface area contributed by atoms with Crippen LogP contribution < -0.4 is 5.32 Å². The molecule has 3 rings (SSSR count). The van der Waals surface area contributed by atoms with Crippen molar-refractivity contribution >= 4 is 29.2 Å². The summed E-state index contributed by atoms with van der Waals surface area (Å²) >= 11 is 12.2. The van der Waals surface area contributed by atoms with Crippen LogP contribution >= 0.6 is 23.2 Å². The lowest BCUT2D eigenvalue weighted by molar-refractivity contribution is -0.140. The summed E-state index contributed by atoms with van der Waals surface area (Å²) in [5, 5.41) is 8.87. The second-order valence-corrected chi connectivity index (χ2v) is 6.59. The zero-order chi connectivity index (χ0) is 19.2. The first-order valence-corrected chi connectivity index (χ1v) is 9.06. The fraction of sp³-hybridized carbons (Fsp3) is 0.211. The van der Waals surface area contributed by atoms with E-state index in [9.17, 15) is 4.79 Å². The Labute approximate surface area is 167 Å². The minimum atomic E-state index is -0.253. The number of rotatable bonds is 7. The summed E-state index contributed by atoms with van der Waals surface area (Å²) in [6.45, 7) is 1.02. The van der Waals surface area contributed by atoms with Crippen molar-refractivity contribution in [1.82, 2.24) is 20.1 Å². The number of carbonyl (C=O) groups is 1. The summed E-state index contributed by atoms with van der Waals surface area (Å²) in [6, 6.07) is 11.1. The quantitative estimate of drug-likeness (QED) is 0.477. The van der Waals surface area contributed by atoms with Crippen LogP contribution in [0.2, 0.25) is 10.0 Å². The number of nitrogens with zero attached hydrogens (tertiary/aromatic N) is 3. The van der Waals surface area contributed by atoms with E-state index in [1.54, 1.807) is 29.2 Å². The Balaban J connectivity index is 1.88. The van der Waals surface area contributed by atoms with Crippen molar-refractivity contribution in [2.24, 2.45) is 0 Å². The largest absolute Gasteiger partial charge is 0.469 e. The molecule has 2 heterocycles. The predicted molar refractivity (Wildman–Crippen MR) is 105 cm³/mol. The molecule has 0 saturated heterocycles. The molecule has 1 N–H and O–H groups in total. The van der Waals surface area contributed by atoms with E-state index in [0.717, 1.165) is 22.6 Å². The molecule has 1 aromatic carbocycles. The van der Waals surface area contributed by atoms with Crippen LogP contribution in [-0.4, -0.2) is 34.4 Å².